The zero-order valence-electron chi connectivity index (χ0n) is 11.0. The van der Waals surface area contributed by atoms with Crippen molar-refractivity contribution in [3.63, 3.8) is 0 Å². The maximum atomic E-state index is 12.1. The number of carbonyl (C=O) groups excluding carboxylic acids is 2. The molecule has 1 rings (SSSR count). The number of aryl methyl sites for hydroxylation is 1. The molecule has 0 heterocycles. The van der Waals surface area contributed by atoms with Crippen molar-refractivity contribution >= 4 is 27.7 Å². The molecule has 0 spiro atoms. The van der Waals surface area contributed by atoms with E-state index in [9.17, 15) is 9.59 Å². The zero-order valence-corrected chi connectivity index (χ0v) is 12.6. The Kier molecular flexibility index (Phi) is 4.90. The van der Waals surface area contributed by atoms with E-state index in [0.29, 0.717) is 5.56 Å². The third kappa shape index (κ3) is 3.57. The van der Waals surface area contributed by atoms with Gasteiger partial charge in [0.05, 0.1) is 6.54 Å². The van der Waals surface area contributed by atoms with Gasteiger partial charge in [-0.2, -0.15) is 0 Å². The minimum absolute atomic E-state index is 0.0807. The zero-order chi connectivity index (χ0) is 13.9. The maximum absolute atomic E-state index is 12.1. The summed E-state index contributed by atoms with van der Waals surface area (Å²) in [5.74, 6) is -0.261. The number of halogens is 1. The van der Waals surface area contributed by atoms with E-state index in [1.165, 1.54) is 9.80 Å². The van der Waals surface area contributed by atoms with E-state index >= 15 is 0 Å². The Morgan fingerprint density at radius 3 is 2.33 bits per heavy atom. The molecule has 0 radical (unpaired) electrons. The molecule has 1 aromatic rings. The van der Waals surface area contributed by atoms with E-state index in [0.717, 1.165) is 10.0 Å². The summed E-state index contributed by atoms with van der Waals surface area (Å²) in [6.45, 7) is 2.04. The van der Waals surface area contributed by atoms with Gasteiger partial charge in [0.15, 0.2) is 0 Å². The molecule has 18 heavy (non-hydrogen) atoms. The van der Waals surface area contributed by atoms with E-state index in [-0.39, 0.29) is 18.4 Å². The minimum atomic E-state index is -0.161. The van der Waals surface area contributed by atoms with Gasteiger partial charge in [0.1, 0.15) is 0 Å². The highest BCUT2D eigenvalue weighted by Gasteiger charge is 2.16. The topological polar surface area (TPSA) is 40.6 Å². The predicted octanol–water partition coefficient (Wildman–Crippen LogP) is 1.92. The van der Waals surface area contributed by atoms with Gasteiger partial charge in [0.25, 0.3) is 5.91 Å². The lowest BCUT2D eigenvalue weighted by Crippen LogP contribution is -2.37. The van der Waals surface area contributed by atoms with E-state index in [4.69, 9.17) is 0 Å². The Balaban J connectivity index is 2.80. The first kappa shape index (κ1) is 14.7. The molecule has 1 aromatic carbocycles. The van der Waals surface area contributed by atoms with Crippen molar-refractivity contribution in [2.75, 3.05) is 27.7 Å². The molecular weight excluding hydrogens is 296 g/mol. The number of benzene rings is 1. The monoisotopic (exact) mass is 312 g/mol. The molecule has 0 saturated carbocycles. The van der Waals surface area contributed by atoms with Crippen LogP contribution in [0.25, 0.3) is 0 Å². The van der Waals surface area contributed by atoms with Crippen LogP contribution < -0.4 is 0 Å². The van der Waals surface area contributed by atoms with Crippen molar-refractivity contribution in [2.24, 2.45) is 0 Å². The number of hydrogen-bond donors (Lipinski definition) is 0. The summed E-state index contributed by atoms with van der Waals surface area (Å²) in [5.41, 5.74) is 1.64. The lowest BCUT2D eigenvalue weighted by Gasteiger charge is -2.19. The van der Waals surface area contributed by atoms with Crippen LogP contribution in [0.1, 0.15) is 15.9 Å². The van der Waals surface area contributed by atoms with Crippen molar-refractivity contribution < 1.29 is 9.59 Å². The Labute approximate surface area is 116 Å². The smallest absolute Gasteiger partial charge is 0.254 e. The number of rotatable bonds is 3. The molecule has 0 aliphatic heterocycles. The van der Waals surface area contributed by atoms with Crippen LogP contribution in [0.2, 0.25) is 0 Å². The molecule has 0 N–H and O–H groups in total. The van der Waals surface area contributed by atoms with E-state index in [1.54, 1.807) is 33.3 Å². The van der Waals surface area contributed by atoms with Gasteiger partial charge in [0.2, 0.25) is 5.91 Å². The summed E-state index contributed by atoms with van der Waals surface area (Å²) < 4.78 is 0.890. The second-order valence-corrected chi connectivity index (χ2v) is 5.27. The van der Waals surface area contributed by atoms with Crippen LogP contribution in [0.4, 0.5) is 0 Å². The third-order valence-electron chi connectivity index (χ3n) is 2.64. The summed E-state index contributed by atoms with van der Waals surface area (Å²) in [5, 5.41) is 0. The number of likely N-dealkylation sites (N-methyl/N-ethyl adjacent to an activating group) is 2. The summed E-state index contributed by atoms with van der Waals surface area (Å²) >= 11 is 3.39. The Hall–Kier alpha value is -1.36. The van der Waals surface area contributed by atoms with Gasteiger partial charge in [-0.25, -0.2) is 0 Å². The molecule has 98 valence electrons. The van der Waals surface area contributed by atoms with Crippen LogP contribution in [0, 0.1) is 6.92 Å². The van der Waals surface area contributed by atoms with Crippen molar-refractivity contribution in [3.8, 4) is 0 Å². The summed E-state index contributed by atoms with van der Waals surface area (Å²) in [7, 11) is 4.96. The predicted molar refractivity (Wildman–Crippen MR) is 74.5 cm³/mol. The van der Waals surface area contributed by atoms with Crippen molar-refractivity contribution in [3.05, 3.63) is 33.8 Å². The van der Waals surface area contributed by atoms with Gasteiger partial charge in [-0.05, 0) is 24.6 Å². The maximum Gasteiger partial charge on any atom is 0.254 e. The van der Waals surface area contributed by atoms with Crippen molar-refractivity contribution in [1.29, 1.82) is 0 Å². The standard InChI is InChI=1S/C13H17BrN2O2/c1-9-5-6-10(7-11(9)14)13(18)16(4)8-12(17)15(2)3/h5-7H,8H2,1-4H3. The number of amides is 2. The van der Waals surface area contributed by atoms with Gasteiger partial charge in [0, 0.05) is 31.2 Å². The number of carbonyl (C=O) groups is 2. The summed E-state index contributed by atoms with van der Waals surface area (Å²) in [4.78, 5) is 26.5. The van der Waals surface area contributed by atoms with Crippen LogP contribution >= 0.6 is 15.9 Å². The molecule has 0 unspecified atom stereocenters. The third-order valence-corrected chi connectivity index (χ3v) is 3.49. The molecule has 5 heteroatoms. The molecule has 0 bridgehead atoms. The lowest BCUT2D eigenvalue weighted by atomic mass is 10.1. The lowest BCUT2D eigenvalue weighted by molar-refractivity contribution is -0.129. The Bertz CT molecular complexity index is 472. The molecule has 0 aromatic heterocycles. The van der Waals surface area contributed by atoms with Crippen LogP contribution in [0.15, 0.2) is 22.7 Å². The van der Waals surface area contributed by atoms with Crippen LogP contribution in [0.5, 0.6) is 0 Å². The van der Waals surface area contributed by atoms with E-state index in [2.05, 4.69) is 15.9 Å². The molecule has 4 nitrogen and oxygen atoms in total. The fourth-order valence-electron chi connectivity index (χ4n) is 1.36. The average molecular weight is 313 g/mol. The van der Waals surface area contributed by atoms with Gasteiger partial charge < -0.3 is 9.80 Å². The number of nitrogens with zero attached hydrogens (tertiary/aromatic N) is 2. The Morgan fingerprint density at radius 1 is 1.22 bits per heavy atom. The van der Waals surface area contributed by atoms with Gasteiger partial charge in [-0.1, -0.05) is 22.0 Å². The molecule has 0 atom stereocenters. The first-order chi connectivity index (χ1) is 8.32. The molecule has 0 saturated heterocycles. The molecule has 0 fully saturated rings. The van der Waals surface area contributed by atoms with Crippen LogP contribution in [-0.4, -0.2) is 49.3 Å². The molecular formula is C13H17BrN2O2. The van der Waals surface area contributed by atoms with Crippen molar-refractivity contribution in [2.45, 2.75) is 6.92 Å². The molecule has 0 aliphatic carbocycles. The van der Waals surface area contributed by atoms with Gasteiger partial charge in [-0.3, -0.25) is 9.59 Å². The largest absolute Gasteiger partial charge is 0.347 e. The SMILES string of the molecule is Cc1ccc(C(=O)N(C)CC(=O)N(C)C)cc1Br. The normalized spacial score (nSPS) is 10.1. The highest BCUT2D eigenvalue weighted by atomic mass is 79.9. The first-order valence-electron chi connectivity index (χ1n) is 5.54. The first-order valence-corrected chi connectivity index (χ1v) is 6.34. The summed E-state index contributed by atoms with van der Waals surface area (Å²) in [6, 6.07) is 5.41. The quantitative estimate of drug-likeness (QED) is 0.855. The molecule has 0 aliphatic rings. The van der Waals surface area contributed by atoms with Crippen LogP contribution in [0.3, 0.4) is 0 Å². The van der Waals surface area contributed by atoms with Crippen molar-refractivity contribution in [1.82, 2.24) is 9.80 Å². The van der Waals surface area contributed by atoms with Crippen LogP contribution in [-0.2, 0) is 4.79 Å². The van der Waals surface area contributed by atoms with Gasteiger partial charge >= 0.3 is 0 Å². The highest BCUT2D eigenvalue weighted by Crippen LogP contribution is 2.18. The summed E-state index contributed by atoms with van der Waals surface area (Å²) in [6.07, 6.45) is 0. The second kappa shape index (κ2) is 6.00. The van der Waals surface area contributed by atoms with Gasteiger partial charge in [-0.15, -0.1) is 0 Å². The fourth-order valence-corrected chi connectivity index (χ4v) is 1.74. The fraction of sp³-hybridized carbons (Fsp3) is 0.385. The van der Waals surface area contributed by atoms with E-state index < -0.39 is 0 Å². The average Bonchev–Trinajstić information content (AvgIpc) is 2.31. The highest BCUT2D eigenvalue weighted by molar-refractivity contribution is 9.10. The molecule has 2 amide bonds. The number of hydrogen-bond acceptors (Lipinski definition) is 2. The van der Waals surface area contributed by atoms with E-state index in [1.807, 2.05) is 13.0 Å². The Morgan fingerprint density at radius 2 is 1.83 bits per heavy atom. The minimum Gasteiger partial charge on any atom is -0.347 e. The second-order valence-electron chi connectivity index (χ2n) is 4.41.